The summed E-state index contributed by atoms with van der Waals surface area (Å²) in [6.07, 6.45) is -0.604. The van der Waals surface area contributed by atoms with Gasteiger partial charge in [-0.2, -0.15) is 0 Å². The van der Waals surface area contributed by atoms with Gasteiger partial charge in [-0.15, -0.1) is 0 Å². The van der Waals surface area contributed by atoms with E-state index in [1.807, 2.05) is 30.3 Å². The fourth-order valence-corrected chi connectivity index (χ4v) is 1.55. The zero-order chi connectivity index (χ0) is 16.4. The van der Waals surface area contributed by atoms with Crippen LogP contribution in [0.25, 0.3) is 0 Å². The minimum atomic E-state index is -0.763. The van der Waals surface area contributed by atoms with E-state index in [2.05, 4.69) is 15.4 Å². The van der Waals surface area contributed by atoms with E-state index >= 15 is 0 Å². The molecule has 120 valence electrons. The molecule has 1 aromatic rings. The minimum absolute atomic E-state index is 0.0768. The van der Waals surface area contributed by atoms with Crippen molar-refractivity contribution < 1.29 is 23.9 Å². The Morgan fingerprint density at radius 3 is 2.50 bits per heavy atom. The largest absolute Gasteiger partial charge is 0.469 e. The van der Waals surface area contributed by atoms with Gasteiger partial charge in [-0.25, -0.2) is 4.79 Å². The molecule has 0 aliphatic heterocycles. The first-order valence-corrected chi connectivity index (χ1v) is 6.84. The van der Waals surface area contributed by atoms with Crippen LogP contribution in [-0.4, -0.2) is 37.7 Å². The van der Waals surface area contributed by atoms with Gasteiger partial charge in [0, 0.05) is 6.54 Å². The van der Waals surface area contributed by atoms with Gasteiger partial charge >= 0.3 is 12.1 Å². The highest BCUT2D eigenvalue weighted by molar-refractivity contribution is 5.85. The Kier molecular flexibility index (Phi) is 7.45. The number of carbonyl (C=O) groups is 3. The smallest absolute Gasteiger partial charge is 0.408 e. The van der Waals surface area contributed by atoms with Gasteiger partial charge in [0.05, 0.1) is 13.5 Å². The topological polar surface area (TPSA) is 93.7 Å². The number of alkyl carbamates (subject to hydrolysis) is 1. The van der Waals surface area contributed by atoms with Crippen LogP contribution in [0.5, 0.6) is 0 Å². The highest BCUT2D eigenvalue weighted by Crippen LogP contribution is 2.00. The summed E-state index contributed by atoms with van der Waals surface area (Å²) in [5.74, 6) is -0.816. The lowest BCUT2D eigenvalue weighted by molar-refractivity contribution is -0.140. The first-order valence-electron chi connectivity index (χ1n) is 6.84. The molecule has 2 amide bonds. The summed E-state index contributed by atoms with van der Waals surface area (Å²) in [4.78, 5) is 34.2. The average molecular weight is 308 g/mol. The van der Waals surface area contributed by atoms with Crippen molar-refractivity contribution in [2.75, 3.05) is 13.7 Å². The van der Waals surface area contributed by atoms with Crippen molar-refractivity contribution in [1.29, 1.82) is 0 Å². The van der Waals surface area contributed by atoms with E-state index in [1.54, 1.807) is 0 Å². The summed E-state index contributed by atoms with van der Waals surface area (Å²) in [5, 5.41) is 4.93. The molecule has 0 saturated heterocycles. The molecule has 1 rings (SSSR count). The molecule has 0 aromatic heterocycles. The van der Waals surface area contributed by atoms with Gasteiger partial charge in [-0.05, 0) is 12.5 Å². The highest BCUT2D eigenvalue weighted by atomic mass is 16.5. The third-order valence-electron chi connectivity index (χ3n) is 2.80. The Hall–Kier alpha value is -2.57. The monoisotopic (exact) mass is 308 g/mol. The molecule has 1 unspecified atom stereocenters. The lowest BCUT2D eigenvalue weighted by Gasteiger charge is -2.14. The van der Waals surface area contributed by atoms with Gasteiger partial charge in [0.15, 0.2) is 0 Å². The lowest BCUT2D eigenvalue weighted by atomic mass is 10.2. The van der Waals surface area contributed by atoms with Crippen LogP contribution in [-0.2, 0) is 25.7 Å². The molecule has 7 heteroatoms. The summed E-state index contributed by atoms with van der Waals surface area (Å²) in [5.41, 5.74) is 0.854. The van der Waals surface area contributed by atoms with Crippen LogP contribution in [0.15, 0.2) is 30.3 Å². The standard InChI is InChI=1S/C15H20N2O5/c1-11(14(19)16-9-8-13(18)21-2)17-15(20)22-10-12-6-4-3-5-7-12/h3-7,11H,8-10H2,1-2H3,(H,16,19)(H,17,20). The first-order chi connectivity index (χ1) is 10.5. The number of esters is 1. The van der Waals surface area contributed by atoms with Crippen LogP contribution < -0.4 is 10.6 Å². The highest BCUT2D eigenvalue weighted by Gasteiger charge is 2.16. The number of hydrogen-bond donors (Lipinski definition) is 2. The van der Waals surface area contributed by atoms with E-state index < -0.39 is 24.0 Å². The van der Waals surface area contributed by atoms with Crippen LogP contribution >= 0.6 is 0 Å². The summed E-state index contributed by atoms with van der Waals surface area (Å²) < 4.78 is 9.46. The molecule has 0 aliphatic rings. The van der Waals surface area contributed by atoms with E-state index in [-0.39, 0.29) is 19.6 Å². The molecule has 0 bridgehead atoms. The van der Waals surface area contributed by atoms with Crippen molar-refractivity contribution >= 4 is 18.0 Å². The molecular weight excluding hydrogens is 288 g/mol. The second-order valence-electron chi connectivity index (χ2n) is 4.54. The fourth-order valence-electron chi connectivity index (χ4n) is 1.55. The number of methoxy groups -OCH3 is 1. The molecule has 22 heavy (non-hydrogen) atoms. The summed E-state index contributed by atoms with van der Waals surface area (Å²) in [7, 11) is 1.27. The van der Waals surface area contributed by atoms with Gasteiger partial charge in [-0.3, -0.25) is 9.59 Å². The van der Waals surface area contributed by atoms with Crippen LogP contribution in [0.3, 0.4) is 0 Å². The SMILES string of the molecule is COC(=O)CCNC(=O)C(C)NC(=O)OCc1ccccc1. The molecule has 0 radical (unpaired) electrons. The van der Waals surface area contributed by atoms with Gasteiger partial charge in [-0.1, -0.05) is 30.3 Å². The Balaban J connectivity index is 2.25. The molecule has 1 aromatic carbocycles. The Labute approximate surface area is 129 Å². The van der Waals surface area contributed by atoms with Crippen molar-refractivity contribution in [3.05, 3.63) is 35.9 Å². The van der Waals surface area contributed by atoms with Crippen LogP contribution in [0.2, 0.25) is 0 Å². The first kappa shape index (κ1) is 17.5. The molecule has 7 nitrogen and oxygen atoms in total. The number of ether oxygens (including phenoxy) is 2. The summed E-state index contributed by atoms with van der Waals surface area (Å²) in [6, 6.07) is 8.44. The molecule has 0 fully saturated rings. The zero-order valence-electron chi connectivity index (χ0n) is 12.6. The summed E-state index contributed by atoms with van der Waals surface area (Å²) >= 11 is 0. The average Bonchev–Trinajstić information content (AvgIpc) is 2.53. The molecule has 0 spiro atoms. The number of amides is 2. The third-order valence-corrected chi connectivity index (χ3v) is 2.80. The maximum atomic E-state index is 11.7. The Morgan fingerprint density at radius 2 is 1.86 bits per heavy atom. The third kappa shape index (κ3) is 6.74. The fraction of sp³-hybridized carbons (Fsp3) is 0.400. The lowest BCUT2D eigenvalue weighted by Crippen LogP contribution is -2.45. The molecule has 0 saturated carbocycles. The Bertz CT molecular complexity index is 504. The van der Waals surface area contributed by atoms with Crippen molar-refractivity contribution in [2.24, 2.45) is 0 Å². The summed E-state index contributed by atoms with van der Waals surface area (Å²) in [6.45, 7) is 1.80. The molecule has 0 aliphatic carbocycles. The van der Waals surface area contributed by atoms with Crippen LogP contribution in [0.4, 0.5) is 4.79 Å². The second kappa shape index (κ2) is 9.38. The predicted molar refractivity (Wildman–Crippen MR) is 78.9 cm³/mol. The van der Waals surface area contributed by atoms with Crippen LogP contribution in [0.1, 0.15) is 18.9 Å². The van der Waals surface area contributed by atoms with Crippen LogP contribution in [0, 0.1) is 0 Å². The van der Waals surface area contributed by atoms with Crippen molar-refractivity contribution in [2.45, 2.75) is 26.0 Å². The van der Waals surface area contributed by atoms with Crippen molar-refractivity contribution in [3.63, 3.8) is 0 Å². The number of benzene rings is 1. The quantitative estimate of drug-likeness (QED) is 0.732. The Morgan fingerprint density at radius 1 is 1.18 bits per heavy atom. The van der Waals surface area contributed by atoms with E-state index in [1.165, 1.54) is 14.0 Å². The number of nitrogens with one attached hydrogen (secondary N) is 2. The van der Waals surface area contributed by atoms with Crippen molar-refractivity contribution in [3.8, 4) is 0 Å². The predicted octanol–water partition coefficient (Wildman–Crippen LogP) is 0.981. The van der Waals surface area contributed by atoms with E-state index in [9.17, 15) is 14.4 Å². The molecule has 0 heterocycles. The van der Waals surface area contributed by atoms with Crippen molar-refractivity contribution in [1.82, 2.24) is 10.6 Å². The van der Waals surface area contributed by atoms with E-state index in [0.717, 1.165) is 5.56 Å². The number of carbonyl (C=O) groups excluding carboxylic acids is 3. The van der Waals surface area contributed by atoms with Gasteiger partial charge in [0.25, 0.3) is 0 Å². The van der Waals surface area contributed by atoms with E-state index in [4.69, 9.17) is 4.74 Å². The normalized spacial score (nSPS) is 11.2. The molecular formula is C15H20N2O5. The zero-order valence-corrected chi connectivity index (χ0v) is 12.6. The van der Waals surface area contributed by atoms with Gasteiger partial charge < -0.3 is 20.1 Å². The second-order valence-corrected chi connectivity index (χ2v) is 4.54. The maximum absolute atomic E-state index is 11.7. The van der Waals surface area contributed by atoms with Gasteiger partial charge in [0.1, 0.15) is 12.6 Å². The maximum Gasteiger partial charge on any atom is 0.408 e. The number of hydrogen-bond acceptors (Lipinski definition) is 5. The molecule has 1 atom stereocenters. The molecule has 2 N–H and O–H groups in total. The number of rotatable bonds is 7. The minimum Gasteiger partial charge on any atom is -0.469 e. The van der Waals surface area contributed by atoms with E-state index in [0.29, 0.717) is 0 Å². The van der Waals surface area contributed by atoms with Gasteiger partial charge in [0.2, 0.25) is 5.91 Å².